The van der Waals surface area contributed by atoms with Crippen LogP contribution in [-0.2, 0) is 0 Å². The number of hydrogen-bond acceptors (Lipinski definition) is 2. The SMILES string of the molecule is CNC(=O)c1cccc(-c2ccco2)c1C. The maximum absolute atomic E-state index is 11.6. The third kappa shape index (κ3) is 1.72. The molecule has 1 aromatic heterocycles. The first-order chi connectivity index (χ1) is 7.74. The average Bonchev–Trinajstić information content (AvgIpc) is 2.82. The zero-order valence-corrected chi connectivity index (χ0v) is 9.28. The Morgan fingerprint density at radius 1 is 1.25 bits per heavy atom. The standard InChI is InChI=1S/C13H13NO2/c1-9-10(12-7-4-8-16-12)5-3-6-11(9)13(15)14-2/h3-8H,1-2H3,(H,14,15). The molecular weight excluding hydrogens is 202 g/mol. The second-order valence-corrected chi connectivity index (χ2v) is 3.53. The third-order valence-corrected chi connectivity index (χ3v) is 2.59. The predicted molar refractivity (Wildman–Crippen MR) is 62.3 cm³/mol. The van der Waals surface area contributed by atoms with E-state index in [0.29, 0.717) is 5.56 Å². The van der Waals surface area contributed by atoms with Crippen LogP contribution in [0.2, 0.25) is 0 Å². The normalized spacial score (nSPS) is 10.1. The fourth-order valence-electron chi connectivity index (χ4n) is 1.72. The molecule has 1 N–H and O–H groups in total. The summed E-state index contributed by atoms with van der Waals surface area (Å²) in [5, 5.41) is 2.63. The van der Waals surface area contributed by atoms with Gasteiger partial charge in [-0.25, -0.2) is 0 Å². The van der Waals surface area contributed by atoms with Crippen LogP contribution in [0.1, 0.15) is 15.9 Å². The molecule has 0 aliphatic heterocycles. The summed E-state index contributed by atoms with van der Waals surface area (Å²) >= 11 is 0. The first kappa shape index (κ1) is 10.5. The van der Waals surface area contributed by atoms with Crippen molar-refractivity contribution in [2.45, 2.75) is 6.92 Å². The number of carbonyl (C=O) groups excluding carboxylic acids is 1. The van der Waals surface area contributed by atoms with Gasteiger partial charge in [0.1, 0.15) is 5.76 Å². The van der Waals surface area contributed by atoms with Crippen molar-refractivity contribution in [2.24, 2.45) is 0 Å². The molecule has 1 heterocycles. The first-order valence-corrected chi connectivity index (χ1v) is 5.09. The van der Waals surface area contributed by atoms with Gasteiger partial charge in [0.05, 0.1) is 6.26 Å². The molecule has 0 bridgehead atoms. The van der Waals surface area contributed by atoms with E-state index in [0.717, 1.165) is 16.9 Å². The van der Waals surface area contributed by atoms with Gasteiger partial charge >= 0.3 is 0 Å². The minimum Gasteiger partial charge on any atom is -0.464 e. The van der Waals surface area contributed by atoms with Gasteiger partial charge in [0, 0.05) is 18.2 Å². The topological polar surface area (TPSA) is 42.2 Å². The van der Waals surface area contributed by atoms with Crippen LogP contribution in [-0.4, -0.2) is 13.0 Å². The van der Waals surface area contributed by atoms with Crippen LogP contribution in [0, 0.1) is 6.92 Å². The number of carbonyl (C=O) groups is 1. The van der Waals surface area contributed by atoms with Crippen molar-refractivity contribution in [1.29, 1.82) is 0 Å². The number of hydrogen-bond donors (Lipinski definition) is 1. The molecule has 0 spiro atoms. The molecule has 2 rings (SSSR count). The van der Waals surface area contributed by atoms with Crippen LogP contribution in [0.3, 0.4) is 0 Å². The molecule has 0 atom stereocenters. The molecule has 1 aromatic carbocycles. The van der Waals surface area contributed by atoms with Crippen LogP contribution in [0.5, 0.6) is 0 Å². The molecule has 2 aromatic rings. The van der Waals surface area contributed by atoms with Crippen molar-refractivity contribution in [3.05, 3.63) is 47.7 Å². The number of nitrogens with one attached hydrogen (secondary N) is 1. The van der Waals surface area contributed by atoms with Gasteiger partial charge in [-0.2, -0.15) is 0 Å². The lowest BCUT2D eigenvalue weighted by Crippen LogP contribution is -2.19. The maximum atomic E-state index is 11.6. The van der Waals surface area contributed by atoms with E-state index in [1.165, 1.54) is 0 Å². The van der Waals surface area contributed by atoms with Crippen LogP contribution in [0.25, 0.3) is 11.3 Å². The van der Waals surface area contributed by atoms with Gasteiger partial charge in [-0.1, -0.05) is 12.1 Å². The molecule has 1 amide bonds. The molecule has 0 saturated carbocycles. The Morgan fingerprint density at radius 3 is 2.69 bits per heavy atom. The summed E-state index contributed by atoms with van der Waals surface area (Å²) in [6.07, 6.45) is 1.63. The molecule has 0 unspecified atom stereocenters. The van der Waals surface area contributed by atoms with E-state index >= 15 is 0 Å². The van der Waals surface area contributed by atoms with E-state index in [-0.39, 0.29) is 5.91 Å². The highest BCUT2D eigenvalue weighted by molar-refractivity contribution is 5.97. The van der Waals surface area contributed by atoms with Crippen molar-refractivity contribution < 1.29 is 9.21 Å². The maximum Gasteiger partial charge on any atom is 0.251 e. The molecule has 3 heteroatoms. The average molecular weight is 215 g/mol. The van der Waals surface area contributed by atoms with Crippen molar-refractivity contribution in [2.75, 3.05) is 7.05 Å². The highest BCUT2D eigenvalue weighted by Gasteiger charge is 2.12. The summed E-state index contributed by atoms with van der Waals surface area (Å²) < 4.78 is 5.34. The smallest absolute Gasteiger partial charge is 0.251 e. The van der Waals surface area contributed by atoms with Crippen LogP contribution in [0.4, 0.5) is 0 Å². The molecular formula is C13H13NO2. The van der Waals surface area contributed by atoms with Gasteiger partial charge in [-0.15, -0.1) is 0 Å². The van der Waals surface area contributed by atoms with E-state index < -0.39 is 0 Å². The van der Waals surface area contributed by atoms with E-state index in [1.54, 1.807) is 19.4 Å². The molecule has 0 saturated heterocycles. The molecule has 16 heavy (non-hydrogen) atoms. The van der Waals surface area contributed by atoms with Gasteiger partial charge < -0.3 is 9.73 Å². The lowest BCUT2D eigenvalue weighted by atomic mass is 10.0. The Hall–Kier alpha value is -2.03. The van der Waals surface area contributed by atoms with Gasteiger partial charge in [0.15, 0.2) is 0 Å². The van der Waals surface area contributed by atoms with Gasteiger partial charge in [-0.05, 0) is 30.7 Å². The zero-order valence-electron chi connectivity index (χ0n) is 9.28. The summed E-state index contributed by atoms with van der Waals surface area (Å²) in [6, 6.07) is 9.33. The minimum atomic E-state index is -0.0779. The van der Waals surface area contributed by atoms with Crippen molar-refractivity contribution in [3.63, 3.8) is 0 Å². The molecule has 0 aliphatic carbocycles. The molecule has 0 aliphatic rings. The van der Waals surface area contributed by atoms with E-state index in [2.05, 4.69) is 5.32 Å². The lowest BCUT2D eigenvalue weighted by molar-refractivity contribution is 0.0962. The zero-order chi connectivity index (χ0) is 11.5. The Kier molecular flexibility index (Phi) is 2.77. The van der Waals surface area contributed by atoms with Gasteiger partial charge in [0.25, 0.3) is 5.91 Å². The molecule has 3 nitrogen and oxygen atoms in total. The summed E-state index contributed by atoms with van der Waals surface area (Å²) in [5.41, 5.74) is 2.55. The fourth-order valence-corrected chi connectivity index (χ4v) is 1.72. The number of furan rings is 1. The van der Waals surface area contributed by atoms with Crippen molar-refractivity contribution >= 4 is 5.91 Å². The van der Waals surface area contributed by atoms with E-state index in [4.69, 9.17) is 4.42 Å². The Balaban J connectivity index is 2.53. The summed E-state index contributed by atoms with van der Waals surface area (Å²) in [4.78, 5) is 11.6. The molecule has 0 radical (unpaired) electrons. The number of benzene rings is 1. The summed E-state index contributed by atoms with van der Waals surface area (Å²) in [7, 11) is 1.63. The minimum absolute atomic E-state index is 0.0779. The van der Waals surface area contributed by atoms with Gasteiger partial charge in [-0.3, -0.25) is 4.79 Å². The van der Waals surface area contributed by atoms with Crippen LogP contribution >= 0.6 is 0 Å². The van der Waals surface area contributed by atoms with E-state index in [1.807, 2.05) is 31.2 Å². The fraction of sp³-hybridized carbons (Fsp3) is 0.154. The summed E-state index contributed by atoms with van der Waals surface area (Å²) in [6.45, 7) is 1.92. The highest BCUT2D eigenvalue weighted by Crippen LogP contribution is 2.25. The Bertz CT molecular complexity index is 501. The van der Waals surface area contributed by atoms with Crippen molar-refractivity contribution in [3.8, 4) is 11.3 Å². The Morgan fingerprint density at radius 2 is 2.06 bits per heavy atom. The predicted octanol–water partition coefficient (Wildman–Crippen LogP) is 2.61. The van der Waals surface area contributed by atoms with Crippen LogP contribution in [0.15, 0.2) is 41.0 Å². The largest absolute Gasteiger partial charge is 0.464 e. The Labute approximate surface area is 94.1 Å². The summed E-state index contributed by atoms with van der Waals surface area (Å²) in [5.74, 6) is 0.703. The second kappa shape index (κ2) is 4.23. The quantitative estimate of drug-likeness (QED) is 0.836. The number of amides is 1. The molecule has 82 valence electrons. The lowest BCUT2D eigenvalue weighted by Gasteiger charge is -2.08. The third-order valence-electron chi connectivity index (χ3n) is 2.59. The van der Waals surface area contributed by atoms with Crippen molar-refractivity contribution in [1.82, 2.24) is 5.32 Å². The highest BCUT2D eigenvalue weighted by atomic mass is 16.3. The second-order valence-electron chi connectivity index (χ2n) is 3.53. The van der Waals surface area contributed by atoms with E-state index in [9.17, 15) is 4.79 Å². The van der Waals surface area contributed by atoms with Gasteiger partial charge in [0.2, 0.25) is 0 Å². The number of rotatable bonds is 2. The molecule has 0 fully saturated rings. The first-order valence-electron chi connectivity index (χ1n) is 5.09. The monoisotopic (exact) mass is 215 g/mol. The van der Waals surface area contributed by atoms with Crippen LogP contribution < -0.4 is 5.32 Å².